The molecule has 0 unspecified atom stereocenters. The molecule has 1 fully saturated rings. The first-order valence-electron chi connectivity index (χ1n) is 5.11. The third-order valence-corrected chi connectivity index (χ3v) is 3.16. The molecule has 0 atom stereocenters. The number of benzene rings is 1. The van der Waals surface area contributed by atoms with E-state index < -0.39 is 0 Å². The molecule has 0 heterocycles. The fourth-order valence-corrected chi connectivity index (χ4v) is 1.84. The van der Waals surface area contributed by atoms with E-state index in [-0.39, 0.29) is 23.8 Å². The van der Waals surface area contributed by atoms with Crippen LogP contribution in [0.2, 0.25) is 0 Å². The fraction of sp³-hybridized carbons (Fsp3) is 0.417. The summed E-state index contributed by atoms with van der Waals surface area (Å²) in [6, 6.07) is 7.56. The van der Waals surface area contributed by atoms with Crippen LogP contribution in [0.25, 0.3) is 0 Å². The minimum absolute atomic E-state index is 0. The molecule has 0 saturated heterocycles. The molecule has 0 spiro atoms. The van der Waals surface area contributed by atoms with Gasteiger partial charge in [-0.1, -0.05) is 12.1 Å². The Balaban J connectivity index is 0.00000128. The molecule has 1 aromatic carbocycles. The van der Waals surface area contributed by atoms with Gasteiger partial charge in [-0.25, -0.2) is 4.79 Å². The second kappa shape index (κ2) is 4.85. The van der Waals surface area contributed by atoms with Gasteiger partial charge < -0.3 is 10.5 Å². The van der Waals surface area contributed by atoms with E-state index in [9.17, 15) is 4.79 Å². The standard InChI is InChI=1S/C12H15NO2.ClH/c1-15-11(14)9-2-4-10(5-3-9)12(8-13)6-7-12;/h2-5H,6-8,13H2,1H3;1H. The van der Waals surface area contributed by atoms with Crippen molar-refractivity contribution < 1.29 is 9.53 Å². The molecule has 1 aliphatic rings. The summed E-state index contributed by atoms with van der Waals surface area (Å²) in [5.74, 6) is -0.292. The largest absolute Gasteiger partial charge is 0.465 e. The van der Waals surface area contributed by atoms with E-state index in [1.54, 1.807) is 12.1 Å². The van der Waals surface area contributed by atoms with Crippen LogP contribution in [0, 0.1) is 0 Å². The molecule has 16 heavy (non-hydrogen) atoms. The predicted molar refractivity (Wildman–Crippen MR) is 65.0 cm³/mol. The van der Waals surface area contributed by atoms with Gasteiger partial charge in [-0.2, -0.15) is 0 Å². The quantitative estimate of drug-likeness (QED) is 0.823. The second-order valence-electron chi connectivity index (χ2n) is 4.05. The van der Waals surface area contributed by atoms with E-state index in [2.05, 4.69) is 4.74 Å². The number of hydrogen-bond acceptors (Lipinski definition) is 3. The molecule has 2 N–H and O–H groups in total. The normalized spacial score (nSPS) is 16.1. The highest BCUT2D eigenvalue weighted by Gasteiger charge is 2.42. The van der Waals surface area contributed by atoms with E-state index >= 15 is 0 Å². The molecular weight excluding hydrogens is 226 g/mol. The molecule has 0 bridgehead atoms. The van der Waals surface area contributed by atoms with E-state index in [1.165, 1.54) is 12.7 Å². The Morgan fingerprint density at radius 3 is 2.31 bits per heavy atom. The highest BCUT2D eigenvalue weighted by atomic mass is 35.5. The summed E-state index contributed by atoms with van der Waals surface area (Å²) in [6.45, 7) is 0.685. The third kappa shape index (κ3) is 2.20. The lowest BCUT2D eigenvalue weighted by Crippen LogP contribution is -2.19. The lowest BCUT2D eigenvalue weighted by atomic mass is 9.95. The van der Waals surface area contributed by atoms with Crippen molar-refractivity contribution in [1.82, 2.24) is 0 Å². The Hall–Kier alpha value is -1.06. The minimum Gasteiger partial charge on any atom is -0.465 e. The SMILES string of the molecule is COC(=O)c1ccc(C2(CN)CC2)cc1.Cl. The summed E-state index contributed by atoms with van der Waals surface area (Å²) in [4.78, 5) is 11.2. The maximum atomic E-state index is 11.2. The van der Waals surface area contributed by atoms with Crippen molar-refractivity contribution in [1.29, 1.82) is 0 Å². The summed E-state index contributed by atoms with van der Waals surface area (Å²) >= 11 is 0. The zero-order valence-corrected chi connectivity index (χ0v) is 10.0. The van der Waals surface area contributed by atoms with Gasteiger partial charge in [-0.3, -0.25) is 0 Å². The molecule has 2 rings (SSSR count). The van der Waals surface area contributed by atoms with E-state index in [4.69, 9.17) is 5.73 Å². The van der Waals surface area contributed by atoms with Crippen molar-refractivity contribution in [2.45, 2.75) is 18.3 Å². The van der Waals surface area contributed by atoms with Crippen LogP contribution in [0.4, 0.5) is 0 Å². The number of methoxy groups -OCH3 is 1. The van der Waals surface area contributed by atoms with Gasteiger partial charge >= 0.3 is 5.97 Å². The van der Waals surface area contributed by atoms with Gasteiger partial charge in [0.2, 0.25) is 0 Å². The predicted octanol–water partition coefficient (Wildman–Crippen LogP) is 1.89. The van der Waals surface area contributed by atoms with Crippen LogP contribution in [0.5, 0.6) is 0 Å². The van der Waals surface area contributed by atoms with Crippen molar-refractivity contribution >= 4 is 18.4 Å². The Morgan fingerprint density at radius 1 is 1.38 bits per heavy atom. The average Bonchev–Trinajstić information content (AvgIpc) is 3.09. The maximum Gasteiger partial charge on any atom is 0.337 e. The third-order valence-electron chi connectivity index (χ3n) is 3.16. The first-order chi connectivity index (χ1) is 7.22. The first-order valence-corrected chi connectivity index (χ1v) is 5.11. The average molecular weight is 242 g/mol. The van der Waals surface area contributed by atoms with Crippen LogP contribution in [0.3, 0.4) is 0 Å². The zero-order valence-electron chi connectivity index (χ0n) is 9.23. The molecule has 1 aliphatic carbocycles. The second-order valence-corrected chi connectivity index (χ2v) is 4.05. The van der Waals surface area contributed by atoms with Gasteiger partial charge in [-0.05, 0) is 30.5 Å². The number of hydrogen-bond donors (Lipinski definition) is 1. The van der Waals surface area contributed by atoms with Crippen LogP contribution in [-0.4, -0.2) is 19.6 Å². The summed E-state index contributed by atoms with van der Waals surface area (Å²) in [7, 11) is 1.39. The summed E-state index contributed by atoms with van der Waals surface area (Å²) in [5, 5.41) is 0. The highest BCUT2D eigenvalue weighted by molar-refractivity contribution is 5.89. The number of esters is 1. The fourth-order valence-electron chi connectivity index (χ4n) is 1.84. The van der Waals surface area contributed by atoms with Crippen LogP contribution >= 0.6 is 12.4 Å². The number of ether oxygens (including phenoxy) is 1. The minimum atomic E-state index is -0.292. The van der Waals surface area contributed by atoms with Gasteiger partial charge in [0.25, 0.3) is 0 Å². The summed E-state index contributed by atoms with van der Waals surface area (Å²) in [6.07, 6.45) is 2.31. The van der Waals surface area contributed by atoms with Crippen molar-refractivity contribution in [2.24, 2.45) is 5.73 Å². The van der Waals surface area contributed by atoms with Gasteiger partial charge in [-0.15, -0.1) is 12.4 Å². The molecule has 0 radical (unpaired) electrons. The summed E-state index contributed by atoms with van der Waals surface area (Å²) < 4.78 is 4.64. The number of halogens is 1. The van der Waals surface area contributed by atoms with Crippen molar-refractivity contribution in [3.8, 4) is 0 Å². The van der Waals surface area contributed by atoms with Gasteiger partial charge in [0.1, 0.15) is 0 Å². The van der Waals surface area contributed by atoms with Crippen LogP contribution in [0.15, 0.2) is 24.3 Å². The van der Waals surface area contributed by atoms with E-state index in [0.29, 0.717) is 12.1 Å². The smallest absolute Gasteiger partial charge is 0.337 e. The molecular formula is C12H16ClNO2. The molecule has 0 aromatic heterocycles. The monoisotopic (exact) mass is 241 g/mol. The van der Waals surface area contributed by atoms with Crippen molar-refractivity contribution in [3.05, 3.63) is 35.4 Å². The van der Waals surface area contributed by atoms with Crippen LogP contribution in [0.1, 0.15) is 28.8 Å². The van der Waals surface area contributed by atoms with Gasteiger partial charge in [0.15, 0.2) is 0 Å². The topological polar surface area (TPSA) is 52.3 Å². The van der Waals surface area contributed by atoms with Crippen molar-refractivity contribution in [2.75, 3.05) is 13.7 Å². The number of carbonyl (C=O) groups excluding carboxylic acids is 1. The Morgan fingerprint density at radius 2 is 1.94 bits per heavy atom. The van der Waals surface area contributed by atoms with Crippen LogP contribution < -0.4 is 5.73 Å². The highest BCUT2D eigenvalue weighted by Crippen LogP contribution is 2.47. The lowest BCUT2D eigenvalue weighted by Gasteiger charge is -2.12. The molecule has 3 nitrogen and oxygen atoms in total. The van der Waals surface area contributed by atoms with Crippen LogP contribution in [-0.2, 0) is 10.2 Å². The molecule has 1 saturated carbocycles. The number of rotatable bonds is 3. The maximum absolute atomic E-state index is 11.2. The number of nitrogens with two attached hydrogens (primary N) is 1. The lowest BCUT2D eigenvalue weighted by molar-refractivity contribution is 0.0600. The zero-order chi connectivity index (χ0) is 10.9. The molecule has 4 heteroatoms. The number of carbonyl (C=O) groups is 1. The first kappa shape index (κ1) is 13.0. The van der Waals surface area contributed by atoms with Gasteiger partial charge in [0.05, 0.1) is 12.7 Å². The molecule has 1 aromatic rings. The molecule has 0 amide bonds. The summed E-state index contributed by atoms with van der Waals surface area (Å²) in [5.41, 5.74) is 7.75. The molecule has 0 aliphatic heterocycles. The van der Waals surface area contributed by atoms with E-state index in [1.807, 2.05) is 12.1 Å². The van der Waals surface area contributed by atoms with Gasteiger partial charge in [0, 0.05) is 12.0 Å². The Labute approximate surface area is 101 Å². The molecule has 88 valence electrons. The Bertz CT molecular complexity index is 371. The Kier molecular flexibility index (Phi) is 3.94. The van der Waals surface area contributed by atoms with Crippen molar-refractivity contribution in [3.63, 3.8) is 0 Å². The van der Waals surface area contributed by atoms with E-state index in [0.717, 1.165) is 12.8 Å².